The number of methoxy groups -OCH3 is 3. The van der Waals surface area contributed by atoms with Crippen LogP contribution in [-0.2, 0) is 9.59 Å². The summed E-state index contributed by atoms with van der Waals surface area (Å²) in [6, 6.07) is 11.2. The number of piperazine rings is 1. The van der Waals surface area contributed by atoms with Gasteiger partial charge in [0.25, 0.3) is 5.91 Å². The van der Waals surface area contributed by atoms with E-state index in [4.69, 9.17) is 14.2 Å². The van der Waals surface area contributed by atoms with Crippen LogP contribution < -0.4 is 24.4 Å². The number of nitrogens with two attached hydrogens (primary N) is 1. The minimum absolute atomic E-state index is 0.362. The molecule has 186 valence electrons. The molecule has 2 saturated heterocycles. The average molecular weight is 484 g/mol. The molecule has 0 saturated carbocycles. The van der Waals surface area contributed by atoms with Gasteiger partial charge in [0.05, 0.1) is 40.5 Å². The third kappa shape index (κ3) is 5.01. The zero-order valence-electron chi connectivity index (χ0n) is 20.4. The molecule has 4 rings (SSSR count). The number of hydrogen-bond acceptors (Lipinski definition) is 6. The van der Waals surface area contributed by atoms with Gasteiger partial charge in [0.15, 0.2) is 17.3 Å². The van der Waals surface area contributed by atoms with Crippen LogP contribution in [0.4, 0.5) is 0 Å². The molecule has 9 nitrogen and oxygen atoms in total. The van der Waals surface area contributed by atoms with Crippen molar-refractivity contribution in [3.63, 3.8) is 0 Å². The average Bonchev–Trinajstić information content (AvgIpc) is 3.16. The van der Waals surface area contributed by atoms with E-state index >= 15 is 0 Å². The summed E-state index contributed by atoms with van der Waals surface area (Å²) in [6.45, 7) is 5.21. The maximum absolute atomic E-state index is 13.6. The molecule has 0 aromatic heterocycles. The van der Waals surface area contributed by atoms with Gasteiger partial charge in [-0.2, -0.15) is 0 Å². The number of ether oxygens (including phenoxy) is 3. The summed E-state index contributed by atoms with van der Waals surface area (Å²) in [5, 5.41) is 2.28. The number of benzene rings is 2. The van der Waals surface area contributed by atoms with Gasteiger partial charge >= 0.3 is 0 Å². The molecule has 0 spiro atoms. The highest BCUT2D eigenvalue weighted by Gasteiger charge is 2.52. The molecule has 0 bridgehead atoms. The number of carbonyl (C=O) groups excluding carboxylic acids is 3. The number of hydrogen-bond donors (Lipinski definition) is 2. The first kappa shape index (κ1) is 24.7. The van der Waals surface area contributed by atoms with Crippen LogP contribution in [0.2, 0.25) is 0 Å². The molecule has 2 aromatic rings. The summed E-state index contributed by atoms with van der Waals surface area (Å²) in [5.74, 6) is -1.19. The fraction of sp³-hybridized carbons (Fsp3) is 0.423. The Bertz CT molecular complexity index is 1080. The van der Waals surface area contributed by atoms with Crippen molar-refractivity contribution in [2.45, 2.75) is 6.04 Å². The monoisotopic (exact) mass is 483 g/mol. The second-order valence-electron chi connectivity index (χ2n) is 8.86. The maximum atomic E-state index is 13.6. The van der Waals surface area contributed by atoms with E-state index < -0.39 is 23.7 Å². The van der Waals surface area contributed by atoms with Crippen LogP contribution in [0.3, 0.4) is 0 Å². The van der Waals surface area contributed by atoms with Crippen molar-refractivity contribution in [1.82, 2.24) is 4.90 Å². The van der Waals surface area contributed by atoms with Crippen LogP contribution in [0.25, 0.3) is 0 Å². The predicted molar refractivity (Wildman–Crippen MR) is 127 cm³/mol. The van der Waals surface area contributed by atoms with Gasteiger partial charge in [-0.1, -0.05) is 6.07 Å². The molecule has 1 amide bonds. The standard InChI is InChI=1S/C26H31N3O6/c1-33-19-7-4-17(5-8-19)24(30)22-23(18-6-9-20(34-2)21(16-18)35-3)29(26(32)25(22)31)15-14-28-12-10-27-11-13-28/h4-9,16,22-23,27H,10-15H2,1-3H3/p+2. The Balaban J connectivity index is 1.70. The number of ketones is 2. The topological polar surface area (TPSA) is 103 Å². The third-order valence-corrected chi connectivity index (χ3v) is 6.92. The van der Waals surface area contributed by atoms with Crippen LogP contribution in [0, 0.1) is 5.92 Å². The Hall–Kier alpha value is -3.43. The van der Waals surface area contributed by atoms with Crippen molar-refractivity contribution in [2.24, 2.45) is 5.92 Å². The van der Waals surface area contributed by atoms with E-state index in [1.807, 2.05) is 0 Å². The molecule has 9 heteroatoms. The highest BCUT2D eigenvalue weighted by atomic mass is 16.5. The first-order chi connectivity index (χ1) is 17.0. The lowest BCUT2D eigenvalue weighted by atomic mass is 9.86. The third-order valence-electron chi connectivity index (χ3n) is 6.92. The van der Waals surface area contributed by atoms with Crippen molar-refractivity contribution in [3.05, 3.63) is 53.6 Å². The minimum atomic E-state index is -1.14. The summed E-state index contributed by atoms with van der Waals surface area (Å²) in [6.07, 6.45) is 0. The SMILES string of the molecule is COc1ccc(C(=O)C2C(=O)C(=O)N(CC[NH+]3CC[NH2+]CC3)C2c2ccc(OC)c(OC)c2)cc1. The van der Waals surface area contributed by atoms with Crippen LogP contribution in [0.15, 0.2) is 42.5 Å². The van der Waals surface area contributed by atoms with E-state index in [-0.39, 0.29) is 5.78 Å². The number of rotatable bonds is 9. The summed E-state index contributed by atoms with van der Waals surface area (Å²) >= 11 is 0. The zero-order chi connectivity index (χ0) is 24.9. The predicted octanol–water partition coefficient (Wildman–Crippen LogP) is -0.874. The molecule has 2 fully saturated rings. The quantitative estimate of drug-likeness (QED) is 0.273. The Morgan fingerprint density at radius 1 is 0.971 bits per heavy atom. The second-order valence-corrected chi connectivity index (χ2v) is 8.86. The smallest absolute Gasteiger partial charge is 0.291 e. The van der Waals surface area contributed by atoms with Gasteiger partial charge in [-0.3, -0.25) is 14.4 Å². The second kappa shape index (κ2) is 10.9. The molecular formula is C26H33N3O6+2. The Morgan fingerprint density at radius 2 is 1.66 bits per heavy atom. The number of nitrogens with one attached hydrogen (secondary N) is 1. The van der Waals surface area contributed by atoms with E-state index in [0.29, 0.717) is 34.9 Å². The Morgan fingerprint density at radius 3 is 2.29 bits per heavy atom. The van der Waals surface area contributed by atoms with Gasteiger partial charge in [-0.05, 0) is 42.0 Å². The summed E-state index contributed by atoms with van der Waals surface area (Å²) in [5.41, 5.74) is 1.03. The Kier molecular flexibility index (Phi) is 7.67. The molecular weight excluding hydrogens is 450 g/mol. The summed E-state index contributed by atoms with van der Waals surface area (Å²) in [4.78, 5) is 43.1. The van der Waals surface area contributed by atoms with E-state index in [9.17, 15) is 14.4 Å². The van der Waals surface area contributed by atoms with Crippen molar-refractivity contribution < 1.29 is 38.8 Å². The van der Waals surface area contributed by atoms with E-state index in [2.05, 4.69) is 5.32 Å². The number of Topliss-reactive ketones (excluding diaryl/α,β-unsaturated/α-hetero) is 2. The highest BCUT2D eigenvalue weighted by Crippen LogP contribution is 2.41. The molecule has 0 radical (unpaired) electrons. The molecule has 3 N–H and O–H groups in total. The molecule has 2 heterocycles. The van der Waals surface area contributed by atoms with Gasteiger partial charge in [0.1, 0.15) is 37.8 Å². The summed E-state index contributed by atoms with van der Waals surface area (Å²) < 4.78 is 16.0. The van der Waals surface area contributed by atoms with E-state index in [1.165, 1.54) is 12.0 Å². The van der Waals surface area contributed by atoms with Crippen LogP contribution >= 0.6 is 0 Å². The molecule has 35 heavy (non-hydrogen) atoms. The molecule has 2 aromatic carbocycles. The molecule has 0 aliphatic carbocycles. The summed E-state index contributed by atoms with van der Waals surface area (Å²) in [7, 11) is 4.62. The lowest BCUT2D eigenvalue weighted by molar-refractivity contribution is -0.946. The fourth-order valence-corrected chi connectivity index (χ4v) is 4.98. The lowest BCUT2D eigenvalue weighted by Crippen LogP contribution is -3.20. The maximum Gasteiger partial charge on any atom is 0.291 e. The van der Waals surface area contributed by atoms with Crippen LogP contribution in [0.5, 0.6) is 17.2 Å². The minimum Gasteiger partial charge on any atom is -0.497 e. The van der Waals surface area contributed by atoms with Crippen LogP contribution in [-0.4, -0.2) is 83.0 Å². The van der Waals surface area contributed by atoms with E-state index in [1.54, 1.807) is 61.6 Å². The molecule has 2 unspecified atom stereocenters. The van der Waals surface area contributed by atoms with Gasteiger partial charge in [0.2, 0.25) is 5.78 Å². The first-order valence-corrected chi connectivity index (χ1v) is 11.9. The zero-order valence-corrected chi connectivity index (χ0v) is 20.4. The molecule has 2 aliphatic heterocycles. The molecule has 2 aliphatic rings. The number of quaternary nitrogens is 2. The van der Waals surface area contributed by atoms with Crippen molar-refractivity contribution in [2.75, 3.05) is 60.6 Å². The number of amides is 1. The number of likely N-dealkylation sites (tertiary alicyclic amines) is 1. The van der Waals surface area contributed by atoms with Crippen molar-refractivity contribution in [3.8, 4) is 17.2 Å². The largest absolute Gasteiger partial charge is 0.497 e. The van der Waals surface area contributed by atoms with E-state index in [0.717, 1.165) is 32.7 Å². The van der Waals surface area contributed by atoms with Gasteiger partial charge in [-0.15, -0.1) is 0 Å². The normalized spacial score (nSPS) is 20.7. The fourth-order valence-electron chi connectivity index (χ4n) is 4.98. The first-order valence-electron chi connectivity index (χ1n) is 11.9. The van der Waals surface area contributed by atoms with Crippen molar-refractivity contribution in [1.29, 1.82) is 0 Å². The van der Waals surface area contributed by atoms with Crippen molar-refractivity contribution >= 4 is 17.5 Å². The van der Waals surface area contributed by atoms with Gasteiger partial charge < -0.3 is 29.3 Å². The van der Waals surface area contributed by atoms with Gasteiger partial charge in [-0.25, -0.2) is 0 Å². The van der Waals surface area contributed by atoms with Crippen LogP contribution in [0.1, 0.15) is 22.0 Å². The lowest BCUT2D eigenvalue weighted by Gasteiger charge is -2.30. The highest BCUT2D eigenvalue weighted by molar-refractivity contribution is 6.44. The number of carbonyl (C=O) groups is 3. The Labute approximate surface area is 204 Å². The molecule has 2 atom stereocenters. The number of nitrogens with zero attached hydrogens (tertiary/aromatic N) is 1. The van der Waals surface area contributed by atoms with Gasteiger partial charge in [0, 0.05) is 5.56 Å².